The molecular weight excluding hydrogens is 174 g/mol. The Hall–Kier alpha value is -1.07. The monoisotopic (exact) mass is 184 g/mol. The molecule has 0 saturated carbocycles. The summed E-state index contributed by atoms with van der Waals surface area (Å²) in [4.78, 5) is 0. The second-order valence-electron chi connectivity index (χ2n) is 2.50. The molecule has 0 aliphatic heterocycles. The molecular formula is C8H10BFO3. The van der Waals surface area contributed by atoms with Crippen LogP contribution < -0.4 is 10.2 Å². The van der Waals surface area contributed by atoms with Crippen molar-refractivity contribution < 1.29 is 19.2 Å². The predicted octanol–water partition coefficient (Wildman–Crippen LogP) is -0.0958. The van der Waals surface area contributed by atoms with Crippen LogP contribution in [0, 0.1) is 5.82 Å². The summed E-state index contributed by atoms with van der Waals surface area (Å²) >= 11 is 0. The number of hydrogen-bond acceptors (Lipinski definition) is 3. The molecule has 0 heterocycles. The van der Waals surface area contributed by atoms with E-state index in [1.54, 1.807) is 6.92 Å². The van der Waals surface area contributed by atoms with Crippen LogP contribution in [0.4, 0.5) is 4.39 Å². The zero-order chi connectivity index (χ0) is 9.84. The third kappa shape index (κ3) is 2.43. The van der Waals surface area contributed by atoms with Crippen LogP contribution >= 0.6 is 0 Å². The Bertz CT molecular complexity index is 291. The van der Waals surface area contributed by atoms with Gasteiger partial charge in [0.1, 0.15) is 0 Å². The van der Waals surface area contributed by atoms with Gasteiger partial charge in [-0.25, -0.2) is 4.39 Å². The van der Waals surface area contributed by atoms with Gasteiger partial charge in [0.25, 0.3) is 0 Å². The van der Waals surface area contributed by atoms with E-state index in [1.807, 2.05) is 0 Å². The van der Waals surface area contributed by atoms with Crippen molar-refractivity contribution in [2.45, 2.75) is 6.92 Å². The van der Waals surface area contributed by atoms with E-state index in [0.29, 0.717) is 6.61 Å². The lowest BCUT2D eigenvalue weighted by molar-refractivity contribution is 0.321. The summed E-state index contributed by atoms with van der Waals surface area (Å²) in [6.07, 6.45) is 0. The minimum absolute atomic E-state index is 0.0353. The highest BCUT2D eigenvalue weighted by Gasteiger charge is 2.13. The molecule has 1 aromatic carbocycles. The summed E-state index contributed by atoms with van der Waals surface area (Å²) in [5, 5.41) is 17.6. The molecule has 13 heavy (non-hydrogen) atoms. The lowest BCUT2D eigenvalue weighted by Gasteiger charge is -2.06. The molecule has 1 aromatic rings. The van der Waals surface area contributed by atoms with E-state index < -0.39 is 12.9 Å². The van der Waals surface area contributed by atoms with Gasteiger partial charge in [-0.3, -0.25) is 0 Å². The topological polar surface area (TPSA) is 49.7 Å². The summed E-state index contributed by atoms with van der Waals surface area (Å²) in [5.41, 5.74) is 0.213. The number of hydrogen-bond donors (Lipinski definition) is 2. The number of halogens is 1. The maximum atomic E-state index is 12.9. The first-order valence-electron chi connectivity index (χ1n) is 3.93. The van der Waals surface area contributed by atoms with Crippen LogP contribution in [-0.4, -0.2) is 23.8 Å². The van der Waals surface area contributed by atoms with Crippen LogP contribution in [0.3, 0.4) is 0 Å². The smallest absolute Gasteiger partial charge is 0.488 e. The first kappa shape index (κ1) is 10.0. The average Bonchev–Trinajstić information content (AvgIpc) is 2.08. The van der Waals surface area contributed by atoms with E-state index >= 15 is 0 Å². The first-order valence-corrected chi connectivity index (χ1v) is 3.93. The molecule has 0 aliphatic rings. The fraction of sp³-hybridized carbons (Fsp3) is 0.250. The van der Waals surface area contributed by atoms with Crippen LogP contribution in [0.5, 0.6) is 5.75 Å². The molecule has 0 fully saturated rings. The molecule has 0 bridgehead atoms. The van der Waals surface area contributed by atoms with Gasteiger partial charge in [0.15, 0.2) is 11.6 Å². The normalized spacial score (nSPS) is 9.85. The zero-order valence-corrected chi connectivity index (χ0v) is 7.20. The van der Waals surface area contributed by atoms with E-state index in [1.165, 1.54) is 12.1 Å². The highest BCUT2D eigenvalue weighted by molar-refractivity contribution is 6.58. The quantitative estimate of drug-likeness (QED) is 0.645. The molecule has 0 aromatic heterocycles. The third-order valence-electron chi connectivity index (χ3n) is 1.55. The first-order chi connectivity index (χ1) is 6.15. The summed E-state index contributed by atoms with van der Waals surface area (Å²) in [6.45, 7) is 2.06. The number of rotatable bonds is 3. The molecule has 0 amide bonds. The molecule has 0 atom stereocenters. The Morgan fingerprint density at radius 2 is 2.15 bits per heavy atom. The number of benzene rings is 1. The van der Waals surface area contributed by atoms with Crippen LogP contribution in [0.25, 0.3) is 0 Å². The van der Waals surface area contributed by atoms with Gasteiger partial charge >= 0.3 is 7.12 Å². The van der Waals surface area contributed by atoms with Crippen LogP contribution in [0.15, 0.2) is 18.2 Å². The second-order valence-corrected chi connectivity index (χ2v) is 2.50. The fourth-order valence-electron chi connectivity index (χ4n) is 0.947. The zero-order valence-electron chi connectivity index (χ0n) is 7.20. The van der Waals surface area contributed by atoms with Gasteiger partial charge in [-0.2, -0.15) is 0 Å². The molecule has 70 valence electrons. The Labute approximate surface area is 75.9 Å². The van der Waals surface area contributed by atoms with Crippen LogP contribution in [0.1, 0.15) is 6.92 Å². The molecule has 0 aliphatic carbocycles. The third-order valence-corrected chi connectivity index (χ3v) is 1.55. The van der Waals surface area contributed by atoms with Gasteiger partial charge in [-0.1, -0.05) is 6.07 Å². The Morgan fingerprint density at radius 1 is 1.46 bits per heavy atom. The van der Waals surface area contributed by atoms with Crippen molar-refractivity contribution in [3.05, 3.63) is 24.0 Å². The minimum Gasteiger partial charge on any atom is -0.491 e. The van der Waals surface area contributed by atoms with Crippen LogP contribution in [0.2, 0.25) is 0 Å². The van der Waals surface area contributed by atoms with Crippen LogP contribution in [-0.2, 0) is 0 Å². The molecule has 0 unspecified atom stereocenters. The SMILES string of the molecule is CCOc1cc(B(O)O)ccc1F. The summed E-state index contributed by atoms with van der Waals surface area (Å²) in [6, 6.07) is 3.70. The van der Waals surface area contributed by atoms with Gasteiger partial charge in [0, 0.05) is 0 Å². The molecule has 0 spiro atoms. The van der Waals surface area contributed by atoms with Crippen molar-refractivity contribution in [2.75, 3.05) is 6.61 Å². The molecule has 5 heteroatoms. The largest absolute Gasteiger partial charge is 0.491 e. The second kappa shape index (κ2) is 4.25. The summed E-state index contributed by atoms with van der Waals surface area (Å²) < 4.78 is 17.9. The summed E-state index contributed by atoms with van der Waals surface area (Å²) in [7, 11) is -1.60. The highest BCUT2D eigenvalue weighted by atomic mass is 19.1. The van der Waals surface area contributed by atoms with E-state index in [9.17, 15) is 4.39 Å². The van der Waals surface area contributed by atoms with Gasteiger partial charge in [-0.05, 0) is 24.5 Å². The molecule has 2 N–H and O–H groups in total. The van der Waals surface area contributed by atoms with Crippen molar-refractivity contribution in [3.63, 3.8) is 0 Å². The minimum atomic E-state index is -1.60. The maximum absolute atomic E-state index is 12.9. The highest BCUT2D eigenvalue weighted by Crippen LogP contribution is 2.14. The van der Waals surface area contributed by atoms with Crippen molar-refractivity contribution >= 4 is 12.6 Å². The van der Waals surface area contributed by atoms with E-state index in [4.69, 9.17) is 14.8 Å². The van der Waals surface area contributed by atoms with E-state index in [2.05, 4.69) is 0 Å². The lowest BCUT2D eigenvalue weighted by Crippen LogP contribution is -2.29. The molecule has 3 nitrogen and oxygen atoms in total. The average molecular weight is 184 g/mol. The van der Waals surface area contributed by atoms with Crippen molar-refractivity contribution in [1.29, 1.82) is 0 Å². The lowest BCUT2D eigenvalue weighted by atomic mass is 9.80. The van der Waals surface area contributed by atoms with Gasteiger partial charge < -0.3 is 14.8 Å². The predicted molar refractivity (Wildman–Crippen MR) is 47.4 cm³/mol. The number of ether oxygens (including phenoxy) is 1. The maximum Gasteiger partial charge on any atom is 0.488 e. The van der Waals surface area contributed by atoms with Crippen molar-refractivity contribution in [1.82, 2.24) is 0 Å². The Morgan fingerprint density at radius 3 is 2.69 bits per heavy atom. The molecule has 0 saturated heterocycles. The van der Waals surface area contributed by atoms with Gasteiger partial charge in [-0.15, -0.1) is 0 Å². The van der Waals surface area contributed by atoms with Gasteiger partial charge in [0.2, 0.25) is 0 Å². The Balaban J connectivity index is 2.97. The summed E-state index contributed by atoms with van der Waals surface area (Å²) in [5.74, 6) is -0.473. The fourth-order valence-corrected chi connectivity index (χ4v) is 0.947. The van der Waals surface area contributed by atoms with Gasteiger partial charge in [0.05, 0.1) is 6.61 Å². The van der Waals surface area contributed by atoms with Crippen molar-refractivity contribution in [2.24, 2.45) is 0 Å². The van der Waals surface area contributed by atoms with E-state index in [-0.39, 0.29) is 11.2 Å². The molecule has 1 rings (SSSR count). The Kier molecular flexibility index (Phi) is 3.28. The van der Waals surface area contributed by atoms with Crippen molar-refractivity contribution in [3.8, 4) is 5.75 Å². The van der Waals surface area contributed by atoms with E-state index in [0.717, 1.165) is 6.07 Å². The standard InChI is InChI=1S/C8H10BFO3/c1-2-13-8-5-6(9(11)12)3-4-7(8)10/h3-5,11-12H,2H2,1H3. The molecule has 0 radical (unpaired) electrons.